The van der Waals surface area contributed by atoms with Gasteiger partial charge in [-0.1, -0.05) is 35.4 Å². The second kappa shape index (κ2) is 10.0. The minimum atomic E-state index is -0.522. The number of hydrogen-bond donors (Lipinski definition) is 2. The van der Waals surface area contributed by atoms with Gasteiger partial charge in [0.15, 0.2) is 13.1 Å². The van der Waals surface area contributed by atoms with E-state index in [9.17, 15) is 20.0 Å². The summed E-state index contributed by atoms with van der Waals surface area (Å²) in [4.78, 5) is 24.6. The summed E-state index contributed by atoms with van der Waals surface area (Å²) < 4.78 is 3.08. The van der Waals surface area contributed by atoms with E-state index in [2.05, 4.69) is 0 Å². The molecule has 0 spiro atoms. The molecule has 158 valence electrons. The highest BCUT2D eigenvalue weighted by Gasteiger charge is 2.20. The maximum Gasteiger partial charge on any atom is 0.292 e. The molecule has 0 saturated carbocycles. The van der Waals surface area contributed by atoms with Gasteiger partial charge < -0.3 is 12.4 Å². The molecule has 2 amide bonds. The van der Waals surface area contributed by atoms with Gasteiger partial charge in [0.25, 0.3) is 11.8 Å². The maximum absolute atomic E-state index is 12.3. The first-order chi connectivity index (χ1) is 13.8. The summed E-state index contributed by atoms with van der Waals surface area (Å²) >= 11 is 0. The van der Waals surface area contributed by atoms with E-state index in [4.69, 9.17) is 0 Å². The third-order valence-corrected chi connectivity index (χ3v) is 4.41. The topological polar surface area (TPSA) is 89.9 Å². The average Bonchev–Trinajstić information content (AvgIpc) is 3.14. The van der Waals surface area contributed by atoms with Crippen molar-refractivity contribution in [3.8, 4) is 0 Å². The summed E-state index contributed by atoms with van der Waals surface area (Å²) in [6.07, 6.45) is 4.78. The molecular weight excluding hydrogens is 408 g/mol. The van der Waals surface area contributed by atoms with Gasteiger partial charge in [0.1, 0.15) is 12.4 Å². The van der Waals surface area contributed by atoms with Crippen molar-refractivity contribution in [1.82, 2.24) is 4.57 Å². The Balaban J connectivity index is 0.00000320. The largest absolute Gasteiger partial charge is 1.00 e. The molecule has 0 aliphatic rings. The number of imidazole rings is 1. The minimum Gasteiger partial charge on any atom is -1.00 e. The molecule has 1 heterocycles. The molecule has 0 fully saturated rings. The van der Waals surface area contributed by atoms with Gasteiger partial charge in [-0.05, 0) is 38.1 Å². The van der Waals surface area contributed by atoms with Crippen LogP contribution in [0.15, 0.2) is 67.3 Å². The molecule has 0 aliphatic heterocycles. The first-order valence-corrected chi connectivity index (χ1v) is 9.05. The van der Waals surface area contributed by atoms with Crippen molar-refractivity contribution in [2.45, 2.75) is 26.9 Å². The molecule has 8 nitrogen and oxygen atoms in total. The molecule has 9 heteroatoms. The summed E-state index contributed by atoms with van der Waals surface area (Å²) in [7, 11) is 0. The number of aromatic nitrogens is 2. The lowest BCUT2D eigenvalue weighted by Crippen LogP contribution is -3.00. The van der Waals surface area contributed by atoms with Crippen molar-refractivity contribution in [2.75, 3.05) is 10.1 Å². The van der Waals surface area contributed by atoms with E-state index in [1.54, 1.807) is 76.4 Å². The molecular formula is C21H23ClN4O4. The predicted octanol–water partition coefficient (Wildman–Crippen LogP) is -0.759. The highest BCUT2D eigenvalue weighted by molar-refractivity contribution is 5.91. The normalized spacial score (nSPS) is 10.3. The van der Waals surface area contributed by atoms with Crippen molar-refractivity contribution in [2.24, 2.45) is 0 Å². The molecule has 30 heavy (non-hydrogen) atoms. The van der Waals surface area contributed by atoms with Crippen LogP contribution in [-0.4, -0.2) is 26.8 Å². The SMILES string of the molecule is Cc1ccc(N(O)C(=O)Cn2cc[n+](CC(=O)N(O)c3ccc(C)cc3)c2)cc1.[Cl-]. The third-order valence-electron chi connectivity index (χ3n) is 4.41. The predicted molar refractivity (Wildman–Crippen MR) is 106 cm³/mol. The zero-order valence-electron chi connectivity index (χ0n) is 16.6. The quantitative estimate of drug-likeness (QED) is 0.306. The van der Waals surface area contributed by atoms with E-state index in [-0.39, 0.29) is 25.5 Å². The van der Waals surface area contributed by atoms with Gasteiger partial charge in [0, 0.05) is 0 Å². The molecule has 3 rings (SSSR count). The number of carbonyl (C=O) groups is 2. The van der Waals surface area contributed by atoms with Crippen LogP contribution in [0.2, 0.25) is 0 Å². The molecule has 0 radical (unpaired) electrons. The van der Waals surface area contributed by atoms with Crippen LogP contribution in [0.1, 0.15) is 11.1 Å². The van der Waals surface area contributed by atoms with Crippen LogP contribution in [0.4, 0.5) is 11.4 Å². The highest BCUT2D eigenvalue weighted by Crippen LogP contribution is 2.14. The Morgan fingerprint density at radius 1 is 0.867 bits per heavy atom. The van der Waals surface area contributed by atoms with Crippen LogP contribution in [0.3, 0.4) is 0 Å². The standard InChI is InChI=1S/C21H23N4O4.ClH/c1-16-3-7-18(8-4-16)24(28)20(26)13-22-11-12-23(15-22)14-21(27)25(29)19-9-5-17(2)6-10-19;/h3-12,15,28-29H,13-14H2,1-2H3;1H/q+1;/p-1. The van der Waals surface area contributed by atoms with Gasteiger partial charge in [-0.2, -0.15) is 10.1 Å². The molecule has 0 saturated heterocycles. The number of rotatable bonds is 6. The molecule has 0 bridgehead atoms. The van der Waals surface area contributed by atoms with Crippen LogP contribution < -0.4 is 27.1 Å². The number of anilines is 2. The van der Waals surface area contributed by atoms with Crippen LogP contribution >= 0.6 is 0 Å². The van der Waals surface area contributed by atoms with E-state index in [1.165, 1.54) is 0 Å². The monoisotopic (exact) mass is 430 g/mol. The van der Waals surface area contributed by atoms with E-state index in [1.807, 2.05) is 13.8 Å². The number of hydroxylamine groups is 2. The van der Waals surface area contributed by atoms with Crippen LogP contribution in [0.25, 0.3) is 0 Å². The fourth-order valence-electron chi connectivity index (χ4n) is 2.73. The average molecular weight is 431 g/mol. The number of amides is 2. The van der Waals surface area contributed by atoms with E-state index in [0.717, 1.165) is 11.1 Å². The third kappa shape index (κ3) is 5.66. The number of halogens is 1. The Bertz CT molecular complexity index is 923. The summed E-state index contributed by atoms with van der Waals surface area (Å²) in [5.41, 5.74) is 2.80. The first kappa shape index (κ1) is 23.1. The van der Waals surface area contributed by atoms with Gasteiger partial charge in [-0.15, -0.1) is 0 Å². The van der Waals surface area contributed by atoms with Crippen molar-refractivity contribution in [3.63, 3.8) is 0 Å². The number of carbonyl (C=O) groups excluding carboxylic acids is 2. The van der Waals surface area contributed by atoms with E-state index >= 15 is 0 Å². The molecule has 0 atom stereocenters. The smallest absolute Gasteiger partial charge is 0.292 e. The molecule has 1 aromatic heterocycles. The van der Waals surface area contributed by atoms with Gasteiger partial charge in [0.2, 0.25) is 6.33 Å². The van der Waals surface area contributed by atoms with E-state index < -0.39 is 11.8 Å². The Labute approximate surface area is 180 Å². The van der Waals surface area contributed by atoms with Gasteiger partial charge in [0.05, 0.1) is 11.4 Å². The van der Waals surface area contributed by atoms with Gasteiger partial charge >= 0.3 is 0 Å². The fourth-order valence-corrected chi connectivity index (χ4v) is 2.73. The fraction of sp³-hybridized carbons (Fsp3) is 0.190. The van der Waals surface area contributed by atoms with Crippen molar-refractivity contribution in [3.05, 3.63) is 78.4 Å². The van der Waals surface area contributed by atoms with Crippen molar-refractivity contribution in [1.29, 1.82) is 0 Å². The second-order valence-corrected chi connectivity index (χ2v) is 6.84. The molecule has 0 unspecified atom stereocenters. The maximum atomic E-state index is 12.3. The minimum absolute atomic E-state index is 0. The number of hydrogen-bond acceptors (Lipinski definition) is 4. The zero-order chi connectivity index (χ0) is 21.0. The molecule has 2 N–H and O–H groups in total. The molecule has 3 aromatic rings. The Morgan fingerprint density at radius 2 is 1.33 bits per heavy atom. The number of nitrogens with zero attached hydrogens (tertiary/aromatic N) is 4. The summed E-state index contributed by atoms with van der Waals surface area (Å²) in [5.74, 6) is -1.04. The van der Waals surface area contributed by atoms with Crippen LogP contribution in [-0.2, 0) is 22.7 Å². The lowest BCUT2D eigenvalue weighted by Gasteiger charge is -2.14. The summed E-state index contributed by atoms with van der Waals surface area (Å²) in [6.45, 7) is 3.62. The number of benzene rings is 2. The van der Waals surface area contributed by atoms with Crippen LogP contribution in [0.5, 0.6) is 0 Å². The Morgan fingerprint density at radius 3 is 1.83 bits per heavy atom. The van der Waals surface area contributed by atoms with Gasteiger partial charge in [-0.3, -0.25) is 20.0 Å². The lowest BCUT2D eigenvalue weighted by molar-refractivity contribution is -0.683. The number of aryl methyl sites for hydroxylation is 2. The van der Waals surface area contributed by atoms with Crippen molar-refractivity contribution >= 4 is 23.2 Å². The Kier molecular flexibility index (Phi) is 7.71. The Hall–Kier alpha value is -3.20. The summed E-state index contributed by atoms with van der Waals surface area (Å²) in [5, 5.41) is 21.4. The van der Waals surface area contributed by atoms with Crippen LogP contribution in [0, 0.1) is 13.8 Å². The molecule has 0 aliphatic carbocycles. The lowest BCUT2D eigenvalue weighted by atomic mass is 10.2. The first-order valence-electron chi connectivity index (χ1n) is 9.05. The highest BCUT2D eigenvalue weighted by atomic mass is 35.5. The van der Waals surface area contributed by atoms with E-state index in [0.29, 0.717) is 21.5 Å². The zero-order valence-corrected chi connectivity index (χ0v) is 17.4. The summed E-state index contributed by atoms with van der Waals surface area (Å²) in [6, 6.07) is 13.8. The second-order valence-electron chi connectivity index (χ2n) is 6.84. The molecule has 2 aromatic carbocycles. The van der Waals surface area contributed by atoms with Crippen molar-refractivity contribution < 1.29 is 37.0 Å². The van der Waals surface area contributed by atoms with Gasteiger partial charge in [-0.25, -0.2) is 9.13 Å².